The molecule has 2 bridgehead atoms. The second-order valence-corrected chi connectivity index (χ2v) is 5.35. The molecule has 20 heavy (non-hydrogen) atoms. The minimum atomic E-state index is 0.0298. The zero-order valence-corrected chi connectivity index (χ0v) is 11.1. The van der Waals surface area contributed by atoms with Crippen molar-refractivity contribution in [3.05, 3.63) is 24.2 Å². The molecule has 7 heteroatoms. The van der Waals surface area contributed by atoms with Crippen LogP contribution in [0.15, 0.2) is 18.6 Å². The predicted molar refractivity (Wildman–Crippen MR) is 70.0 cm³/mol. The van der Waals surface area contributed by atoms with Gasteiger partial charge in [0.05, 0.1) is 48.9 Å². The van der Waals surface area contributed by atoms with Crippen molar-refractivity contribution < 1.29 is 9.53 Å². The van der Waals surface area contributed by atoms with E-state index in [2.05, 4.69) is 15.3 Å². The Labute approximate surface area is 115 Å². The number of nitrogens with zero attached hydrogens (tertiary/aromatic N) is 4. The lowest BCUT2D eigenvalue weighted by atomic mass is 9.90. The fraction of sp³-hybridized carbons (Fsp3) is 0.462. The van der Waals surface area contributed by atoms with Gasteiger partial charge < -0.3 is 9.64 Å². The van der Waals surface area contributed by atoms with E-state index in [1.807, 2.05) is 18.1 Å². The first-order chi connectivity index (χ1) is 9.74. The van der Waals surface area contributed by atoms with Crippen LogP contribution in [0.2, 0.25) is 0 Å². The van der Waals surface area contributed by atoms with Gasteiger partial charge in [-0.2, -0.15) is 10.2 Å². The Hall–Kier alpha value is -2.15. The maximum absolute atomic E-state index is 12.7. The van der Waals surface area contributed by atoms with Crippen molar-refractivity contribution >= 4 is 5.91 Å². The summed E-state index contributed by atoms with van der Waals surface area (Å²) >= 11 is 0. The zero-order valence-electron chi connectivity index (χ0n) is 11.1. The van der Waals surface area contributed by atoms with Crippen molar-refractivity contribution in [2.75, 3.05) is 13.2 Å². The van der Waals surface area contributed by atoms with Crippen molar-refractivity contribution in [3.8, 4) is 11.3 Å². The molecule has 0 radical (unpaired) electrons. The second-order valence-electron chi connectivity index (χ2n) is 5.35. The van der Waals surface area contributed by atoms with E-state index in [9.17, 15) is 4.79 Å². The fourth-order valence-electron chi connectivity index (χ4n) is 3.03. The molecule has 0 spiro atoms. The van der Waals surface area contributed by atoms with Gasteiger partial charge in [-0.1, -0.05) is 0 Å². The molecular formula is C13H15N5O2. The summed E-state index contributed by atoms with van der Waals surface area (Å²) in [6.45, 7) is 1.28. The van der Waals surface area contributed by atoms with Crippen molar-refractivity contribution in [1.82, 2.24) is 24.9 Å². The molecule has 2 aliphatic heterocycles. The zero-order chi connectivity index (χ0) is 13.7. The molecule has 104 valence electrons. The summed E-state index contributed by atoms with van der Waals surface area (Å²) < 4.78 is 7.12. The summed E-state index contributed by atoms with van der Waals surface area (Å²) in [5.41, 5.74) is 2.21. The van der Waals surface area contributed by atoms with Gasteiger partial charge in [0.15, 0.2) is 0 Å². The lowest BCUT2D eigenvalue weighted by Gasteiger charge is -2.52. The van der Waals surface area contributed by atoms with Crippen LogP contribution in [0, 0.1) is 0 Å². The SMILES string of the molecule is Cn1cc(-c2[nH]ncc2C(=O)N2C3COCC2C3)cn1. The van der Waals surface area contributed by atoms with Crippen molar-refractivity contribution in [2.24, 2.45) is 7.05 Å². The molecule has 2 aromatic heterocycles. The molecule has 1 amide bonds. The highest BCUT2D eigenvalue weighted by molar-refractivity contribution is 6.00. The maximum atomic E-state index is 12.7. The van der Waals surface area contributed by atoms with E-state index in [0.29, 0.717) is 18.8 Å². The first-order valence-corrected chi connectivity index (χ1v) is 6.67. The van der Waals surface area contributed by atoms with Crippen LogP contribution in [0.1, 0.15) is 16.8 Å². The van der Waals surface area contributed by atoms with E-state index < -0.39 is 0 Å². The Morgan fingerprint density at radius 3 is 2.85 bits per heavy atom. The summed E-state index contributed by atoms with van der Waals surface area (Å²) in [6.07, 6.45) is 6.24. The number of hydrogen-bond acceptors (Lipinski definition) is 4. The van der Waals surface area contributed by atoms with E-state index in [-0.39, 0.29) is 18.0 Å². The molecule has 2 fully saturated rings. The number of amides is 1. The summed E-state index contributed by atoms with van der Waals surface area (Å²) in [5.74, 6) is 0.0298. The molecule has 0 aromatic carbocycles. The van der Waals surface area contributed by atoms with Gasteiger partial charge in [-0.05, 0) is 6.42 Å². The Balaban J connectivity index is 1.66. The minimum Gasteiger partial charge on any atom is -0.377 e. The largest absolute Gasteiger partial charge is 0.377 e. The quantitative estimate of drug-likeness (QED) is 0.860. The number of rotatable bonds is 2. The number of hydrogen-bond donors (Lipinski definition) is 1. The molecule has 0 aliphatic carbocycles. The van der Waals surface area contributed by atoms with Gasteiger partial charge in [-0.15, -0.1) is 0 Å². The highest BCUT2D eigenvalue weighted by Crippen LogP contribution is 2.33. The van der Waals surface area contributed by atoms with Crippen LogP contribution >= 0.6 is 0 Å². The van der Waals surface area contributed by atoms with E-state index in [4.69, 9.17) is 4.74 Å². The van der Waals surface area contributed by atoms with Crippen LogP contribution in [0.3, 0.4) is 0 Å². The smallest absolute Gasteiger partial charge is 0.258 e. The normalized spacial score (nSPS) is 24.6. The molecular weight excluding hydrogens is 258 g/mol. The van der Waals surface area contributed by atoms with E-state index in [0.717, 1.165) is 17.7 Å². The number of aryl methyl sites for hydroxylation is 1. The lowest BCUT2D eigenvalue weighted by molar-refractivity contribution is -0.104. The van der Waals surface area contributed by atoms with E-state index in [1.165, 1.54) is 0 Å². The van der Waals surface area contributed by atoms with Crippen molar-refractivity contribution in [2.45, 2.75) is 18.5 Å². The van der Waals surface area contributed by atoms with Crippen molar-refractivity contribution in [3.63, 3.8) is 0 Å². The number of nitrogens with one attached hydrogen (secondary N) is 1. The standard InChI is InChI=1S/C13H15N5O2/c1-17-5-8(3-15-17)12-11(4-14-16-12)13(19)18-9-2-10(18)7-20-6-9/h3-5,9-10H,2,6-7H2,1H3,(H,14,16). The monoisotopic (exact) mass is 273 g/mol. The summed E-state index contributed by atoms with van der Waals surface area (Å²) in [6, 6.07) is 0.441. The molecule has 2 saturated heterocycles. The molecule has 2 aromatic rings. The number of ether oxygens (including phenoxy) is 1. The van der Waals surface area contributed by atoms with Gasteiger partial charge in [0.25, 0.3) is 5.91 Å². The Kier molecular flexibility index (Phi) is 2.43. The summed E-state index contributed by atoms with van der Waals surface area (Å²) in [4.78, 5) is 14.6. The number of aromatic nitrogens is 4. The topological polar surface area (TPSA) is 76.0 Å². The third-order valence-corrected chi connectivity index (χ3v) is 4.05. The highest BCUT2D eigenvalue weighted by Gasteiger charge is 2.46. The fourth-order valence-corrected chi connectivity index (χ4v) is 3.03. The Morgan fingerprint density at radius 2 is 2.20 bits per heavy atom. The summed E-state index contributed by atoms with van der Waals surface area (Å²) in [5, 5.41) is 11.1. The van der Waals surface area contributed by atoms with Crippen LogP contribution in [-0.4, -0.2) is 56.1 Å². The van der Waals surface area contributed by atoms with Crippen LogP contribution in [0.5, 0.6) is 0 Å². The molecule has 2 aliphatic rings. The summed E-state index contributed by atoms with van der Waals surface area (Å²) in [7, 11) is 1.85. The number of H-pyrrole nitrogens is 1. The maximum Gasteiger partial charge on any atom is 0.258 e. The van der Waals surface area contributed by atoms with Gasteiger partial charge >= 0.3 is 0 Å². The van der Waals surface area contributed by atoms with Crippen molar-refractivity contribution in [1.29, 1.82) is 0 Å². The molecule has 1 N–H and O–H groups in total. The van der Waals surface area contributed by atoms with Gasteiger partial charge in [0.1, 0.15) is 0 Å². The average molecular weight is 273 g/mol. The number of carbonyl (C=O) groups is 1. The van der Waals surface area contributed by atoms with Gasteiger partial charge in [0, 0.05) is 18.8 Å². The first kappa shape index (κ1) is 11.7. The molecule has 4 rings (SSSR count). The first-order valence-electron chi connectivity index (χ1n) is 6.67. The minimum absolute atomic E-state index is 0.0298. The van der Waals surface area contributed by atoms with Crippen LogP contribution in [0.4, 0.5) is 0 Å². The molecule has 2 atom stereocenters. The lowest BCUT2D eigenvalue weighted by Crippen LogP contribution is -2.65. The van der Waals surface area contributed by atoms with E-state index in [1.54, 1.807) is 17.1 Å². The molecule has 4 heterocycles. The number of carbonyl (C=O) groups excluding carboxylic acids is 1. The third kappa shape index (κ3) is 1.59. The Morgan fingerprint density at radius 1 is 1.40 bits per heavy atom. The second kappa shape index (κ2) is 4.17. The molecule has 0 saturated carbocycles. The van der Waals surface area contributed by atoms with Gasteiger partial charge in [-0.3, -0.25) is 14.6 Å². The van der Waals surface area contributed by atoms with Crippen LogP contribution < -0.4 is 0 Å². The van der Waals surface area contributed by atoms with Gasteiger partial charge in [-0.25, -0.2) is 0 Å². The molecule has 2 unspecified atom stereocenters. The number of fused-ring (bicyclic) bond motifs is 2. The van der Waals surface area contributed by atoms with E-state index >= 15 is 0 Å². The molecule has 7 nitrogen and oxygen atoms in total. The number of aromatic amines is 1. The predicted octanol–water partition coefficient (Wildman–Crippen LogP) is 0.423. The van der Waals surface area contributed by atoms with Crippen LogP contribution in [0.25, 0.3) is 11.3 Å². The highest BCUT2D eigenvalue weighted by atomic mass is 16.5. The number of morpholine rings is 1. The third-order valence-electron chi connectivity index (χ3n) is 4.05. The van der Waals surface area contributed by atoms with Gasteiger partial charge in [0.2, 0.25) is 0 Å². The Bertz CT molecular complexity index is 647. The average Bonchev–Trinajstić information content (AvgIpc) is 3.07. The van der Waals surface area contributed by atoms with Crippen LogP contribution in [-0.2, 0) is 11.8 Å².